The molecule has 0 saturated heterocycles. The Morgan fingerprint density at radius 1 is 1.54 bits per heavy atom. The molecule has 0 spiro atoms. The van der Waals surface area contributed by atoms with Crippen LogP contribution in [0, 0.1) is 0 Å². The van der Waals surface area contributed by atoms with Crippen molar-refractivity contribution in [1.82, 2.24) is 5.32 Å². The highest BCUT2D eigenvalue weighted by molar-refractivity contribution is 5.76. The van der Waals surface area contributed by atoms with Crippen molar-refractivity contribution in [2.45, 2.75) is 38.6 Å². The SMILES string of the molecule is CC(CCCO)NC(=O)CCCN. The zero-order chi connectivity index (χ0) is 10.1. The zero-order valence-electron chi connectivity index (χ0n) is 8.25. The van der Waals surface area contributed by atoms with Gasteiger partial charge in [-0.25, -0.2) is 0 Å². The van der Waals surface area contributed by atoms with Crippen molar-refractivity contribution in [3.05, 3.63) is 0 Å². The minimum atomic E-state index is 0.0517. The molecule has 4 N–H and O–H groups in total. The second-order valence-electron chi connectivity index (χ2n) is 3.23. The van der Waals surface area contributed by atoms with Crippen LogP contribution in [0.4, 0.5) is 0 Å². The fraction of sp³-hybridized carbons (Fsp3) is 0.889. The second-order valence-corrected chi connectivity index (χ2v) is 3.23. The average molecular weight is 188 g/mol. The Morgan fingerprint density at radius 2 is 2.23 bits per heavy atom. The molecule has 0 fully saturated rings. The van der Waals surface area contributed by atoms with Crippen LogP contribution < -0.4 is 11.1 Å². The van der Waals surface area contributed by atoms with Crippen LogP contribution in [0.5, 0.6) is 0 Å². The van der Waals surface area contributed by atoms with E-state index in [2.05, 4.69) is 5.32 Å². The molecule has 1 atom stereocenters. The quantitative estimate of drug-likeness (QED) is 0.526. The third-order valence-corrected chi connectivity index (χ3v) is 1.81. The van der Waals surface area contributed by atoms with Gasteiger partial charge in [0, 0.05) is 19.1 Å². The number of carbonyl (C=O) groups is 1. The molecule has 0 heterocycles. The molecule has 0 aromatic rings. The minimum Gasteiger partial charge on any atom is -0.396 e. The van der Waals surface area contributed by atoms with E-state index in [0.29, 0.717) is 13.0 Å². The molecule has 4 heteroatoms. The maximum Gasteiger partial charge on any atom is 0.220 e. The van der Waals surface area contributed by atoms with Crippen molar-refractivity contribution in [2.75, 3.05) is 13.2 Å². The lowest BCUT2D eigenvalue weighted by atomic mass is 10.2. The molecule has 0 saturated carbocycles. The molecule has 0 bridgehead atoms. The van der Waals surface area contributed by atoms with Crippen LogP contribution in [0.25, 0.3) is 0 Å². The van der Waals surface area contributed by atoms with E-state index in [1.807, 2.05) is 6.92 Å². The van der Waals surface area contributed by atoms with E-state index in [0.717, 1.165) is 19.3 Å². The largest absolute Gasteiger partial charge is 0.396 e. The normalized spacial score (nSPS) is 12.5. The summed E-state index contributed by atoms with van der Waals surface area (Å²) in [5.41, 5.74) is 5.27. The number of carbonyl (C=O) groups excluding carboxylic acids is 1. The summed E-state index contributed by atoms with van der Waals surface area (Å²) in [6.07, 6.45) is 2.79. The third-order valence-electron chi connectivity index (χ3n) is 1.81. The summed E-state index contributed by atoms with van der Waals surface area (Å²) in [5, 5.41) is 11.4. The highest BCUT2D eigenvalue weighted by Crippen LogP contribution is 1.96. The van der Waals surface area contributed by atoms with Crippen LogP contribution >= 0.6 is 0 Å². The monoisotopic (exact) mass is 188 g/mol. The molecular weight excluding hydrogens is 168 g/mol. The van der Waals surface area contributed by atoms with Crippen molar-refractivity contribution in [1.29, 1.82) is 0 Å². The van der Waals surface area contributed by atoms with Crippen molar-refractivity contribution in [3.63, 3.8) is 0 Å². The van der Waals surface area contributed by atoms with E-state index in [-0.39, 0.29) is 18.6 Å². The summed E-state index contributed by atoms with van der Waals surface area (Å²) in [4.78, 5) is 11.1. The van der Waals surface area contributed by atoms with Gasteiger partial charge in [0.05, 0.1) is 0 Å². The Hall–Kier alpha value is -0.610. The molecule has 0 radical (unpaired) electrons. The van der Waals surface area contributed by atoms with Crippen LogP contribution in [0.2, 0.25) is 0 Å². The fourth-order valence-corrected chi connectivity index (χ4v) is 1.08. The Bertz CT molecular complexity index is 140. The molecule has 0 rings (SSSR count). The summed E-state index contributed by atoms with van der Waals surface area (Å²) < 4.78 is 0. The van der Waals surface area contributed by atoms with Crippen LogP contribution in [0.15, 0.2) is 0 Å². The number of nitrogens with two attached hydrogens (primary N) is 1. The van der Waals surface area contributed by atoms with Gasteiger partial charge in [-0.3, -0.25) is 4.79 Å². The zero-order valence-corrected chi connectivity index (χ0v) is 8.25. The number of hydrogen-bond acceptors (Lipinski definition) is 3. The molecule has 13 heavy (non-hydrogen) atoms. The topological polar surface area (TPSA) is 75.3 Å². The van der Waals surface area contributed by atoms with Gasteiger partial charge in [0.2, 0.25) is 5.91 Å². The van der Waals surface area contributed by atoms with Crippen molar-refractivity contribution in [3.8, 4) is 0 Å². The van der Waals surface area contributed by atoms with E-state index < -0.39 is 0 Å². The smallest absolute Gasteiger partial charge is 0.220 e. The Morgan fingerprint density at radius 3 is 2.77 bits per heavy atom. The maximum atomic E-state index is 11.1. The van der Waals surface area contributed by atoms with Crippen LogP contribution in [0.1, 0.15) is 32.6 Å². The summed E-state index contributed by atoms with van der Waals surface area (Å²) in [5.74, 6) is 0.0517. The molecule has 0 aromatic carbocycles. The molecule has 0 aromatic heterocycles. The molecule has 0 aliphatic rings. The Labute approximate surface area is 79.5 Å². The summed E-state index contributed by atoms with van der Waals surface area (Å²) in [6.45, 7) is 2.68. The van der Waals surface area contributed by atoms with Gasteiger partial charge in [0.15, 0.2) is 0 Å². The lowest BCUT2D eigenvalue weighted by Crippen LogP contribution is -2.32. The van der Waals surface area contributed by atoms with Crippen molar-refractivity contribution >= 4 is 5.91 Å². The van der Waals surface area contributed by atoms with E-state index in [4.69, 9.17) is 10.8 Å². The lowest BCUT2D eigenvalue weighted by Gasteiger charge is -2.12. The number of amides is 1. The summed E-state index contributed by atoms with van der Waals surface area (Å²) in [7, 11) is 0. The van der Waals surface area contributed by atoms with Crippen molar-refractivity contribution in [2.24, 2.45) is 5.73 Å². The van der Waals surface area contributed by atoms with Gasteiger partial charge in [-0.2, -0.15) is 0 Å². The van der Waals surface area contributed by atoms with Crippen LogP contribution in [0.3, 0.4) is 0 Å². The van der Waals surface area contributed by atoms with Gasteiger partial charge in [0.25, 0.3) is 0 Å². The van der Waals surface area contributed by atoms with Gasteiger partial charge in [-0.05, 0) is 32.7 Å². The van der Waals surface area contributed by atoms with Crippen molar-refractivity contribution < 1.29 is 9.90 Å². The third kappa shape index (κ3) is 7.74. The molecule has 0 aliphatic heterocycles. The molecule has 1 unspecified atom stereocenters. The number of aliphatic hydroxyl groups is 1. The molecule has 0 aliphatic carbocycles. The first-order chi connectivity index (χ1) is 6.20. The first-order valence-electron chi connectivity index (χ1n) is 4.81. The molecule has 78 valence electrons. The van der Waals surface area contributed by atoms with Crippen LogP contribution in [-0.2, 0) is 4.79 Å². The molecular formula is C9H20N2O2. The van der Waals surface area contributed by atoms with E-state index in [1.54, 1.807) is 0 Å². The number of rotatable bonds is 7. The predicted octanol–water partition coefficient (Wildman–Crippen LogP) is 0.00250. The minimum absolute atomic E-state index is 0.0517. The van der Waals surface area contributed by atoms with Gasteiger partial charge >= 0.3 is 0 Å². The first-order valence-corrected chi connectivity index (χ1v) is 4.81. The summed E-state index contributed by atoms with van der Waals surface area (Å²) >= 11 is 0. The highest BCUT2D eigenvalue weighted by Gasteiger charge is 2.05. The average Bonchev–Trinajstić information content (AvgIpc) is 2.11. The number of nitrogens with one attached hydrogen (secondary N) is 1. The van der Waals surface area contributed by atoms with Gasteiger partial charge < -0.3 is 16.2 Å². The number of hydrogen-bond donors (Lipinski definition) is 3. The Balaban J connectivity index is 3.41. The summed E-state index contributed by atoms with van der Waals surface area (Å²) in [6, 6.07) is 0.150. The Kier molecular flexibility index (Phi) is 7.63. The van der Waals surface area contributed by atoms with E-state index in [9.17, 15) is 4.79 Å². The molecule has 1 amide bonds. The highest BCUT2D eigenvalue weighted by atomic mass is 16.2. The molecule has 4 nitrogen and oxygen atoms in total. The maximum absolute atomic E-state index is 11.1. The standard InChI is InChI=1S/C9H20N2O2/c1-8(4-3-7-12)11-9(13)5-2-6-10/h8,12H,2-7,10H2,1H3,(H,11,13). The predicted molar refractivity (Wildman–Crippen MR) is 52.2 cm³/mol. The van der Waals surface area contributed by atoms with Crippen LogP contribution in [-0.4, -0.2) is 30.2 Å². The van der Waals surface area contributed by atoms with Gasteiger partial charge in [0.1, 0.15) is 0 Å². The van der Waals surface area contributed by atoms with Gasteiger partial charge in [-0.15, -0.1) is 0 Å². The van der Waals surface area contributed by atoms with E-state index >= 15 is 0 Å². The van der Waals surface area contributed by atoms with Gasteiger partial charge in [-0.1, -0.05) is 0 Å². The second kappa shape index (κ2) is 8.01. The number of aliphatic hydroxyl groups excluding tert-OH is 1. The first kappa shape index (κ1) is 12.4. The fourth-order valence-electron chi connectivity index (χ4n) is 1.08. The van der Waals surface area contributed by atoms with E-state index in [1.165, 1.54) is 0 Å². The lowest BCUT2D eigenvalue weighted by molar-refractivity contribution is -0.121.